The highest BCUT2D eigenvalue weighted by Gasteiger charge is 2.26. The number of benzene rings is 2. The predicted octanol–water partition coefficient (Wildman–Crippen LogP) is 2.98. The zero-order valence-electron chi connectivity index (χ0n) is 19.3. The van der Waals surface area contributed by atoms with Crippen molar-refractivity contribution in [3.63, 3.8) is 0 Å². The number of carbonyl (C=O) groups is 1. The summed E-state index contributed by atoms with van der Waals surface area (Å²) in [6.45, 7) is 4.35. The molecule has 0 radical (unpaired) electrons. The van der Waals surface area contributed by atoms with Crippen LogP contribution >= 0.6 is 0 Å². The lowest BCUT2D eigenvalue weighted by Gasteiger charge is -2.29. The highest BCUT2D eigenvalue weighted by molar-refractivity contribution is 5.77. The first-order chi connectivity index (χ1) is 16.3. The number of ether oxygens (including phenoxy) is 2. The smallest absolute Gasteiger partial charge is 0.349 e. The van der Waals surface area contributed by atoms with Gasteiger partial charge in [0.05, 0.1) is 11.9 Å². The zero-order chi connectivity index (χ0) is 24.2. The van der Waals surface area contributed by atoms with Crippen LogP contribution in [-0.4, -0.2) is 58.4 Å². The number of fused-ring (bicyclic) bond motifs is 1. The Bertz CT molecular complexity index is 1070. The average Bonchev–Trinajstić information content (AvgIpc) is 3.30. The van der Waals surface area contributed by atoms with Crippen molar-refractivity contribution < 1.29 is 19.4 Å². The van der Waals surface area contributed by atoms with Crippen molar-refractivity contribution in [1.29, 1.82) is 10.8 Å². The summed E-state index contributed by atoms with van der Waals surface area (Å²) in [6.07, 6.45) is 1.66. The van der Waals surface area contributed by atoms with Gasteiger partial charge in [-0.25, -0.2) is 4.79 Å². The van der Waals surface area contributed by atoms with Crippen molar-refractivity contribution >= 4 is 17.8 Å². The van der Waals surface area contributed by atoms with Crippen LogP contribution in [0.1, 0.15) is 42.6 Å². The van der Waals surface area contributed by atoms with Gasteiger partial charge < -0.3 is 30.1 Å². The fourth-order valence-electron chi connectivity index (χ4n) is 4.59. The molecule has 1 saturated heterocycles. The standard InChI is InChI=1S/C25H31N5O4/c1-16(26)30-11-2-3-20(30)15-33-21-7-5-18(6-8-21)23(24(31)32)34-22-9-4-17-10-12-29(25(27)28)14-19(17)13-22/h4-9,13,20,23,26H,2-3,10-12,14-15H2,1H3,(H3,27,28)(H,31,32). The van der Waals surface area contributed by atoms with Gasteiger partial charge in [-0.3, -0.25) is 10.8 Å². The summed E-state index contributed by atoms with van der Waals surface area (Å²) in [4.78, 5) is 15.8. The number of guanidine groups is 1. The molecule has 34 heavy (non-hydrogen) atoms. The van der Waals surface area contributed by atoms with E-state index in [1.54, 1.807) is 42.2 Å². The van der Waals surface area contributed by atoms with E-state index in [4.69, 9.17) is 26.0 Å². The Labute approximate surface area is 199 Å². The summed E-state index contributed by atoms with van der Waals surface area (Å²) < 4.78 is 11.8. The van der Waals surface area contributed by atoms with Gasteiger partial charge in [0.2, 0.25) is 6.10 Å². The van der Waals surface area contributed by atoms with Crippen molar-refractivity contribution in [1.82, 2.24) is 9.80 Å². The molecule has 2 aromatic rings. The number of hydrogen-bond acceptors (Lipinski definition) is 5. The van der Waals surface area contributed by atoms with Crippen LogP contribution in [0.3, 0.4) is 0 Å². The summed E-state index contributed by atoms with van der Waals surface area (Å²) in [7, 11) is 0. The number of amidine groups is 1. The van der Waals surface area contributed by atoms with Crippen LogP contribution in [0.4, 0.5) is 0 Å². The highest BCUT2D eigenvalue weighted by atomic mass is 16.5. The second-order valence-electron chi connectivity index (χ2n) is 8.78. The van der Waals surface area contributed by atoms with E-state index < -0.39 is 12.1 Å². The molecule has 5 N–H and O–H groups in total. The lowest BCUT2D eigenvalue weighted by atomic mass is 9.99. The Morgan fingerprint density at radius 2 is 1.88 bits per heavy atom. The lowest BCUT2D eigenvalue weighted by Crippen LogP contribution is -2.40. The fourth-order valence-corrected chi connectivity index (χ4v) is 4.59. The minimum atomic E-state index is -1.16. The zero-order valence-corrected chi connectivity index (χ0v) is 19.3. The molecule has 0 amide bonds. The molecule has 2 aromatic carbocycles. The predicted molar refractivity (Wildman–Crippen MR) is 129 cm³/mol. The van der Waals surface area contributed by atoms with E-state index in [9.17, 15) is 9.90 Å². The Morgan fingerprint density at radius 1 is 1.15 bits per heavy atom. The second-order valence-corrected chi connectivity index (χ2v) is 8.78. The van der Waals surface area contributed by atoms with Gasteiger partial charge in [-0.15, -0.1) is 0 Å². The maximum atomic E-state index is 12.0. The van der Waals surface area contributed by atoms with E-state index in [0.29, 0.717) is 42.6 Å². The quantitative estimate of drug-likeness (QED) is 0.364. The first-order valence-corrected chi connectivity index (χ1v) is 11.5. The third-order valence-corrected chi connectivity index (χ3v) is 6.44. The van der Waals surface area contributed by atoms with Crippen LogP contribution in [0.15, 0.2) is 42.5 Å². The third kappa shape index (κ3) is 5.24. The fraction of sp³-hybridized carbons (Fsp3) is 0.400. The molecule has 2 aliphatic heterocycles. The van der Waals surface area contributed by atoms with Crippen LogP contribution in [0.5, 0.6) is 11.5 Å². The number of hydrogen-bond donors (Lipinski definition) is 4. The van der Waals surface area contributed by atoms with Gasteiger partial charge in [0.25, 0.3) is 0 Å². The van der Waals surface area contributed by atoms with Crippen molar-refractivity contribution in [2.45, 2.75) is 44.9 Å². The molecule has 2 aliphatic rings. The Morgan fingerprint density at radius 3 is 2.56 bits per heavy atom. The molecule has 0 bridgehead atoms. The molecule has 9 nitrogen and oxygen atoms in total. The molecule has 2 atom stereocenters. The minimum absolute atomic E-state index is 0.0243. The molecular weight excluding hydrogens is 434 g/mol. The maximum absolute atomic E-state index is 12.0. The van der Waals surface area contributed by atoms with Gasteiger partial charge in [-0.1, -0.05) is 18.2 Å². The first kappa shape index (κ1) is 23.4. The normalized spacial score (nSPS) is 18.2. The number of nitrogens with two attached hydrogens (primary N) is 1. The van der Waals surface area contributed by atoms with Gasteiger partial charge in [-0.05, 0) is 61.6 Å². The monoisotopic (exact) mass is 465 g/mol. The van der Waals surface area contributed by atoms with Crippen molar-refractivity contribution in [3.05, 3.63) is 59.2 Å². The number of nitrogens with zero attached hydrogens (tertiary/aromatic N) is 2. The van der Waals surface area contributed by atoms with E-state index in [1.807, 2.05) is 12.1 Å². The SMILES string of the molecule is CC(=N)N1CCCC1COc1ccc(C(Oc2ccc3c(c2)CN(C(=N)N)CC3)C(=O)O)cc1. The van der Waals surface area contributed by atoms with Gasteiger partial charge in [-0.2, -0.15) is 0 Å². The Kier molecular flexibility index (Phi) is 6.90. The van der Waals surface area contributed by atoms with E-state index in [-0.39, 0.29) is 12.0 Å². The second kappa shape index (κ2) is 10.0. The number of carboxylic acids is 1. The average molecular weight is 466 g/mol. The molecule has 2 heterocycles. The number of nitrogens with one attached hydrogen (secondary N) is 2. The molecule has 0 aromatic heterocycles. The molecule has 9 heteroatoms. The number of likely N-dealkylation sites (tertiary alicyclic amines) is 1. The van der Waals surface area contributed by atoms with E-state index in [1.165, 1.54) is 0 Å². The summed E-state index contributed by atoms with van der Waals surface area (Å²) in [6, 6.07) is 12.7. The van der Waals surface area contributed by atoms with Crippen LogP contribution in [0.2, 0.25) is 0 Å². The molecular formula is C25H31N5O4. The van der Waals surface area contributed by atoms with Gasteiger partial charge in [0.15, 0.2) is 5.96 Å². The maximum Gasteiger partial charge on any atom is 0.349 e. The van der Waals surface area contributed by atoms with Crippen molar-refractivity contribution in [3.8, 4) is 11.5 Å². The van der Waals surface area contributed by atoms with Crippen LogP contribution in [-0.2, 0) is 17.8 Å². The summed E-state index contributed by atoms with van der Waals surface area (Å²) >= 11 is 0. The molecule has 0 saturated carbocycles. The van der Waals surface area contributed by atoms with Crippen molar-refractivity contribution in [2.24, 2.45) is 5.73 Å². The summed E-state index contributed by atoms with van der Waals surface area (Å²) in [5.41, 5.74) is 8.27. The van der Waals surface area contributed by atoms with Crippen molar-refractivity contribution in [2.75, 3.05) is 19.7 Å². The minimum Gasteiger partial charge on any atom is -0.491 e. The van der Waals surface area contributed by atoms with Gasteiger partial charge in [0.1, 0.15) is 18.1 Å². The third-order valence-electron chi connectivity index (χ3n) is 6.44. The number of aliphatic carboxylic acids is 1. The molecule has 2 unspecified atom stereocenters. The van der Waals surface area contributed by atoms with E-state index in [0.717, 1.165) is 36.9 Å². The Balaban J connectivity index is 1.42. The van der Waals surface area contributed by atoms with Crippen LogP contribution in [0, 0.1) is 10.8 Å². The first-order valence-electron chi connectivity index (χ1n) is 11.5. The number of carboxylic acid groups (broad SMARTS) is 1. The summed E-state index contributed by atoms with van der Waals surface area (Å²) in [5, 5.41) is 25.3. The molecule has 0 spiro atoms. The summed E-state index contributed by atoms with van der Waals surface area (Å²) in [5.74, 6) is 0.607. The topological polar surface area (TPSA) is 136 Å². The van der Waals surface area contributed by atoms with E-state index in [2.05, 4.69) is 4.90 Å². The molecule has 1 fully saturated rings. The largest absolute Gasteiger partial charge is 0.491 e. The Hall–Kier alpha value is -3.75. The van der Waals surface area contributed by atoms with Crippen LogP contribution < -0.4 is 15.2 Å². The van der Waals surface area contributed by atoms with E-state index >= 15 is 0 Å². The highest BCUT2D eigenvalue weighted by Crippen LogP contribution is 2.29. The number of rotatable bonds is 7. The van der Waals surface area contributed by atoms with Gasteiger partial charge >= 0.3 is 5.97 Å². The molecule has 0 aliphatic carbocycles. The van der Waals surface area contributed by atoms with Gasteiger partial charge in [0, 0.05) is 25.2 Å². The molecule has 4 rings (SSSR count). The lowest BCUT2D eigenvalue weighted by molar-refractivity contribution is -0.145. The molecule has 180 valence electrons. The van der Waals surface area contributed by atoms with Crippen LogP contribution in [0.25, 0.3) is 0 Å².